The van der Waals surface area contributed by atoms with Crippen molar-refractivity contribution < 1.29 is 34.2 Å². The molecule has 0 aliphatic rings. The second-order valence-corrected chi connectivity index (χ2v) is 11.0. The number of carboxylic acid groups (broad SMARTS) is 3. The van der Waals surface area contributed by atoms with Crippen LogP contribution in [0.5, 0.6) is 0 Å². The van der Waals surface area contributed by atoms with Crippen molar-refractivity contribution in [3.8, 4) is 0 Å². The zero-order chi connectivity index (χ0) is 28.3. The second-order valence-electron chi connectivity index (χ2n) is 11.0. The normalized spacial score (nSPS) is 11.8. The largest absolute Gasteiger partial charge is 0.550 e. The molecule has 0 aromatic carbocycles. The fraction of sp³-hybridized carbons (Fsp3) is 0.839. The van der Waals surface area contributed by atoms with Crippen molar-refractivity contribution in [2.24, 2.45) is 0 Å². The van der Waals surface area contributed by atoms with Gasteiger partial charge in [-0.1, -0.05) is 76.9 Å². The minimum atomic E-state index is -1.08. The predicted octanol–water partition coefficient (Wildman–Crippen LogP) is 6.49. The summed E-state index contributed by atoms with van der Waals surface area (Å²) < 4.78 is 0.611. The molecule has 7 heteroatoms. The standard InChI is InChI=1S/C31H57NO6/c1-2-3-4-5-6-7-8-9-10-11-12-13-14-15-16-17-18-25-32(26-19-22-29(33)34,27-20-23-30(35)36)28-21-24-31(37)38/h8-9H,2-7,10-28H2,1H3,(H2-,33,34,35,36,37,38)/b9-8+. The zero-order valence-electron chi connectivity index (χ0n) is 24.3. The topological polar surface area (TPSA) is 115 Å². The molecule has 0 unspecified atom stereocenters. The van der Waals surface area contributed by atoms with Gasteiger partial charge >= 0.3 is 11.9 Å². The fourth-order valence-electron chi connectivity index (χ4n) is 5.23. The van der Waals surface area contributed by atoms with Crippen LogP contribution in [0.2, 0.25) is 0 Å². The highest BCUT2D eigenvalue weighted by Crippen LogP contribution is 2.18. The average molecular weight is 540 g/mol. The average Bonchev–Trinajstić information content (AvgIpc) is 2.85. The van der Waals surface area contributed by atoms with Gasteiger partial charge in [0.25, 0.3) is 0 Å². The third-order valence-corrected chi connectivity index (χ3v) is 7.45. The van der Waals surface area contributed by atoms with Crippen LogP contribution in [0.3, 0.4) is 0 Å². The van der Waals surface area contributed by atoms with Crippen LogP contribution >= 0.6 is 0 Å². The van der Waals surface area contributed by atoms with Gasteiger partial charge in [0.05, 0.1) is 39.0 Å². The minimum Gasteiger partial charge on any atom is -0.550 e. The Kier molecular flexibility index (Phi) is 24.1. The van der Waals surface area contributed by atoms with Gasteiger partial charge in [-0.05, 0) is 44.9 Å². The number of allylic oxidation sites excluding steroid dienone is 2. The molecule has 0 saturated carbocycles. The molecular weight excluding hydrogens is 482 g/mol. The molecule has 0 aromatic rings. The molecule has 0 aliphatic carbocycles. The molecule has 2 N–H and O–H groups in total. The van der Waals surface area contributed by atoms with Crippen molar-refractivity contribution in [1.82, 2.24) is 0 Å². The summed E-state index contributed by atoms with van der Waals surface area (Å²) in [7, 11) is 0. The van der Waals surface area contributed by atoms with Crippen LogP contribution < -0.4 is 5.11 Å². The molecule has 0 rings (SSSR count). The Balaban J connectivity index is 4.24. The number of hydrogen-bond acceptors (Lipinski definition) is 4. The number of quaternary nitrogens is 1. The first-order valence-corrected chi connectivity index (χ1v) is 15.4. The quantitative estimate of drug-likeness (QED) is 0.0638. The van der Waals surface area contributed by atoms with E-state index in [0.29, 0.717) is 43.4 Å². The molecule has 0 saturated heterocycles. The maximum absolute atomic E-state index is 11.0. The van der Waals surface area contributed by atoms with Gasteiger partial charge in [-0.2, -0.15) is 0 Å². The Bertz CT molecular complexity index is 584. The van der Waals surface area contributed by atoms with E-state index in [-0.39, 0.29) is 19.3 Å². The van der Waals surface area contributed by atoms with Gasteiger partial charge < -0.3 is 24.6 Å². The molecule has 222 valence electrons. The van der Waals surface area contributed by atoms with Crippen molar-refractivity contribution in [3.05, 3.63) is 12.2 Å². The summed E-state index contributed by atoms with van der Waals surface area (Å²) in [6, 6.07) is 0. The van der Waals surface area contributed by atoms with Crippen LogP contribution in [0.1, 0.15) is 142 Å². The Morgan fingerprint density at radius 3 is 1.34 bits per heavy atom. The Morgan fingerprint density at radius 2 is 0.921 bits per heavy atom. The minimum absolute atomic E-state index is 0.0211. The molecular formula is C31H57NO6. The van der Waals surface area contributed by atoms with Gasteiger partial charge in [-0.15, -0.1) is 0 Å². The summed E-state index contributed by atoms with van der Waals surface area (Å²) in [5.41, 5.74) is 0. The maximum Gasteiger partial charge on any atom is 0.303 e. The highest BCUT2D eigenvalue weighted by atomic mass is 16.4. The van der Waals surface area contributed by atoms with Crippen LogP contribution in [-0.2, 0) is 14.4 Å². The van der Waals surface area contributed by atoms with Crippen molar-refractivity contribution in [2.75, 3.05) is 26.2 Å². The summed E-state index contributed by atoms with van der Waals surface area (Å²) in [6.45, 7) is 5.01. The number of unbranched alkanes of at least 4 members (excludes halogenated alkanes) is 13. The molecule has 0 heterocycles. The van der Waals surface area contributed by atoms with E-state index in [9.17, 15) is 19.5 Å². The van der Waals surface area contributed by atoms with Gasteiger partial charge in [-0.3, -0.25) is 9.59 Å². The molecule has 0 amide bonds. The third-order valence-electron chi connectivity index (χ3n) is 7.45. The number of carbonyl (C=O) groups is 3. The summed E-state index contributed by atoms with van der Waals surface area (Å²) in [6.07, 6.45) is 25.0. The van der Waals surface area contributed by atoms with Gasteiger partial charge in [-0.25, -0.2) is 0 Å². The highest BCUT2D eigenvalue weighted by Gasteiger charge is 2.26. The number of aliphatic carboxylic acids is 3. The first-order chi connectivity index (χ1) is 18.3. The predicted molar refractivity (Wildman–Crippen MR) is 152 cm³/mol. The monoisotopic (exact) mass is 539 g/mol. The maximum atomic E-state index is 11.0. The Morgan fingerprint density at radius 1 is 0.553 bits per heavy atom. The molecule has 0 fully saturated rings. The lowest BCUT2D eigenvalue weighted by molar-refractivity contribution is -0.929. The molecule has 0 atom stereocenters. The molecule has 0 spiro atoms. The molecule has 0 aliphatic heterocycles. The van der Waals surface area contributed by atoms with Gasteiger partial charge in [0, 0.05) is 25.2 Å². The van der Waals surface area contributed by atoms with Crippen LogP contribution in [0.4, 0.5) is 0 Å². The molecule has 0 bridgehead atoms. The van der Waals surface area contributed by atoms with Crippen LogP contribution in [0.25, 0.3) is 0 Å². The van der Waals surface area contributed by atoms with Crippen LogP contribution in [0.15, 0.2) is 12.2 Å². The van der Waals surface area contributed by atoms with E-state index in [1.54, 1.807) is 0 Å². The highest BCUT2D eigenvalue weighted by molar-refractivity contribution is 5.66. The molecule has 0 aromatic heterocycles. The van der Waals surface area contributed by atoms with E-state index in [1.807, 2.05) is 0 Å². The molecule has 38 heavy (non-hydrogen) atoms. The lowest BCUT2D eigenvalue weighted by atomic mass is 10.1. The lowest BCUT2D eigenvalue weighted by Crippen LogP contribution is -2.51. The summed E-state index contributed by atoms with van der Waals surface area (Å²) >= 11 is 0. The Hall–Kier alpha value is -1.89. The van der Waals surface area contributed by atoms with Gasteiger partial charge in [0.15, 0.2) is 0 Å². The van der Waals surface area contributed by atoms with E-state index in [0.717, 1.165) is 19.4 Å². The van der Waals surface area contributed by atoms with Crippen molar-refractivity contribution in [2.45, 2.75) is 142 Å². The summed E-state index contributed by atoms with van der Waals surface area (Å²) in [4.78, 5) is 33.0. The number of carbonyl (C=O) groups excluding carboxylic acids is 1. The summed E-state index contributed by atoms with van der Waals surface area (Å²) in [5, 5.41) is 29.1. The van der Waals surface area contributed by atoms with E-state index in [4.69, 9.17) is 10.2 Å². The van der Waals surface area contributed by atoms with Gasteiger partial charge in [0.1, 0.15) is 0 Å². The van der Waals surface area contributed by atoms with Crippen molar-refractivity contribution >= 4 is 17.9 Å². The van der Waals surface area contributed by atoms with E-state index >= 15 is 0 Å². The van der Waals surface area contributed by atoms with E-state index in [2.05, 4.69) is 19.1 Å². The van der Waals surface area contributed by atoms with Crippen molar-refractivity contribution in [3.63, 3.8) is 0 Å². The first-order valence-electron chi connectivity index (χ1n) is 15.4. The van der Waals surface area contributed by atoms with Crippen LogP contribution in [-0.4, -0.2) is 58.8 Å². The fourth-order valence-corrected chi connectivity index (χ4v) is 5.23. The SMILES string of the molecule is CCCCCCC/C=C/CCCCCCCCCC[N+](CCCC(=O)[O-])(CCCC(=O)O)CCCC(=O)O. The van der Waals surface area contributed by atoms with Crippen molar-refractivity contribution in [1.29, 1.82) is 0 Å². The van der Waals surface area contributed by atoms with E-state index < -0.39 is 17.9 Å². The number of nitrogens with zero attached hydrogens (tertiary/aromatic N) is 1. The molecule has 0 radical (unpaired) electrons. The number of hydrogen-bond donors (Lipinski definition) is 2. The zero-order valence-corrected chi connectivity index (χ0v) is 24.3. The Labute approximate surface area is 232 Å². The van der Waals surface area contributed by atoms with E-state index in [1.165, 1.54) is 83.5 Å². The smallest absolute Gasteiger partial charge is 0.303 e. The summed E-state index contributed by atoms with van der Waals surface area (Å²) in [5.74, 6) is -2.75. The first kappa shape index (κ1) is 36.1. The van der Waals surface area contributed by atoms with Crippen LogP contribution in [0, 0.1) is 0 Å². The number of rotatable bonds is 29. The van der Waals surface area contributed by atoms with Gasteiger partial charge in [0.2, 0.25) is 0 Å². The molecule has 7 nitrogen and oxygen atoms in total. The third kappa shape index (κ3) is 24.4. The second kappa shape index (κ2) is 25.4. The number of carboxylic acids is 3. The lowest BCUT2D eigenvalue weighted by Gasteiger charge is -2.39.